The minimum atomic E-state index is -0.0418. The first kappa shape index (κ1) is 19.0. The van der Waals surface area contributed by atoms with Crippen LogP contribution in [0.5, 0.6) is 5.75 Å². The van der Waals surface area contributed by atoms with Crippen molar-refractivity contribution in [2.45, 2.75) is 31.7 Å². The summed E-state index contributed by atoms with van der Waals surface area (Å²) in [4.78, 5) is 26.6. The zero-order chi connectivity index (χ0) is 19.1. The van der Waals surface area contributed by atoms with Crippen molar-refractivity contribution in [2.24, 2.45) is 0 Å². The molecule has 0 unspecified atom stereocenters. The quantitative estimate of drug-likeness (QED) is 0.855. The maximum absolute atomic E-state index is 12.5. The average molecular weight is 366 g/mol. The molecule has 0 radical (unpaired) electrons. The molecule has 1 N–H and O–H groups in total. The highest BCUT2D eigenvalue weighted by Crippen LogP contribution is 2.15. The number of carbonyl (C=O) groups excluding carboxylic acids is 2. The predicted molar refractivity (Wildman–Crippen MR) is 105 cm³/mol. The molecule has 1 fully saturated rings. The second-order valence-electron chi connectivity index (χ2n) is 6.84. The van der Waals surface area contributed by atoms with E-state index >= 15 is 0 Å². The van der Waals surface area contributed by atoms with Crippen LogP contribution in [0, 0.1) is 0 Å². The van der Waals surface area contributed by atoms with E-state index in [-0.39, 0.29) is 17.9 Å². The van der Waals surface area contributed by atoms with Crippen LogP contribution in [0.15, 0.2) is 54.6 Å². The average Bonchev–Trinajstić information content (AvgIpc) is 2.73. The molecule has 142 valence electrons. The lowest BCUT2D eigenvalue weighted by atomic mass is 10.0. The van der Waals surface area contributed by atoms with Crippen molar-refractivity contribution in [1.29, 1.82) is 0 Å². The molecule has 1 aliphatic heterocycles. The van der Waals surface area contributed by atoms with Crippen LogP contribution in [-0.2, 0) is 11.2 Å². The molecule has 0 bridgehead atoms. The Morgan fingerprint density at radius 1 is 1.04 bits per heavy atom. The lowest BCUT2D eigenvalue weighted by molar-refractivity contribution is -0.132. The highest BCUT2D eigenvalue weighted by molar-refractivity contribution is 5.94. The summed E-state index contributed by atoms with van der Waals surface area (Å²) in [5, 5.41) is 3.07. The Labute approximate surface area is 160 Å². The monoisotopic (exact) mass is 366 g/mol. The number of piperidine rings is 1. The third kappa shape index (κ3) is 5.33. The van der Waals surface area contributed by atoms with Gasteiger partial charge in [0.1, 0.15) is 5.75 Å². The van der Waals surface area contributed by atoms with Gasteiger partial charge in [0.2, 0.25) is 5.91 Å². The molecule has 5 heteroatoms. The summed E-state index contributed by atoms with van der Waals surface area (Å²) in [5.74, 6) is 0.961. The van der Waals surface area contributed by atoms with Crippen molar-refractivity contribution in [1.82, 2.24) is 10.2 Å². The highest BCUT2D eigenvalue weighted by atomic mass is 16.5. The number of nitrogens with zero attached hydrogens (tertiary/aromatic N) is 1. The van der Waals surface area contributed by atoms with Crippen molar-refractivity contribution in [3.05, 3.63) is 65.7 Å². The first-order chi connectivity index (χ1) is 13.2. The van der Waals surface area contributed by atoms with E-state index in [1.807, 2.05) is 59.5 Å². The molecule has 0 spiro atoms. The van der Waals surface area contributed by atoms with Crippen molar-refractivity contribution < 1.29 is 14.3 Å². The first-order valence-electron chi connectivity index (χ1n) is 9.42. The summed E-state index contributed by atoms with van der Waals surface area (Å²) in [6, 6.07) is 17.2. The highest BCUT2D eigenvalue weighted by Gasteiger charge is 2.23. The number of likely N-dealkylation sites (tertiary alicyclic amines) is 1. The number of amides is 2. The summed E-state index contributed by atoms with van der Waals surface area (Å²) in [6.07, 6.45) is 2.83. The Morgan fingerprint density at radius 3 is 2.33 bits per heavy atom. The Bertz CT molecular complexity index is 751. The third-order valence-electron chi connectivity index (χ3n) is 5.01. The Morgan fingerprint density at radius 2 is 1.70 bits per heavy atom. The molecule has 2 aromatic carbocycles. The number of nitrogens with one attached hydrogen (secondary N) is 1. The summed E-state index contributed by atoms with van der Waals surface area (Å²) in [6.45, 7) is 1.39. The van der Waals surface area contributed by atoms with E-state index in [0.29, 0.717) is 25.1 Å². The minimum absolute atomic E-state index is 0.0418. The molecular weight excluding hydrogens is 340 g/mol. The number of hydrogen-bond acceptors (Lipinski definition) is 3. The van der Waals surface area contributed by atoms with Gasteiger partial charge in [-0.1, -0.05) is 30.3 Å². The molecule has 0 aliphatic carbocycles. The fourth-order valence-corrected chi connectivity index (χ4v) is 3.33. The zero-order valence-corrected chi connectivity index (χ0v) is 15.7. The van der Waals surface area contributed by atoms with E-state index < -0.39 is 0 Å². The van der Waals surface area contributed by atoms with Gasteiger partial charge in [0.05, 0.1) is 7.11 Å². The molecular formula is C22H26N2O3. The molecule has 1 saturated heterocycles. The Kier molecular flexibility index (Phi) is 6.47. The first-order valence-corrected chi connectivity index (χ1v) is 9.42. The lowest BCUT2D eigenvalue weighted by Crippen LogP contribution is -2.46. The maximum Gasteiger partial charge on any atom is 0.251 e. The van der Waals surface area contributed by atoms with Crippen LogP contribution in [0.25, 0.3) is 0 Å². The van der Waals surface area contributed by atoms with Crippen LogP contribution in [0.3, 0.4) is 0 Å². The van der Waals surface area contributed by atoms with Crippen molar-refractivity contribution >= 4 is 11.8 Å². The molecule has 2 aromatic rings. The van der Waals surface area contributed by atoms with Gasteiger partial charge in [-0.3, -0.25) is 9.59 Å². The molecule has 0 aromatic heterocycles. The van der Waals surface area contributed by atoms with Crippen molar-refractivity contribution in [2.75, 3.05) is 20.2 Å². The van der Waals surface area contributed by atoms with E-state index in [0.717, 1.165) is 30.6 Å². The normalized spacial score (nSPS) is 14.6. The second-order valence-corrected chi connectivity index (χ2v) is 6.84. The number of aryl methyl sites for hydroxylation is 1. The fraction of sp³-hybridized carbons (Fsp3) is 0.364. The van der Waals surface area contributed by atoms with Crippen LogP contribution in [0.2, 0.25) is 0 Å². The van der Waals surface area contributed by atoms with E-state index in [4.69, 9.17) is 4.74 Å². The number of methoxy groups -OCH3 is 1. The van der Waals surface area contributed by atoms with E-state index in [9.17, 15) is 9.59 Å². The standard InChI is InChI=1S/C22H26N2O3/c1-27-20-10-7-17(8-11-20)9-12-21(25)24-15-13-19(14-16-24)23-22(26)18-5-3-2-4-6-18/h2-8,10-11,19H,9,12-16H2,1H3,(H,23,26). The molecule has 0 atom stereocenters. The van der Waals surface area contributed by atoms with Gasteiger partial charge in [0.15, 0.2) is 0 Å². The predicted octanol–water partition coefficient (Wildman–Crippen LogP) is 3.05. The molecule has 1 heterocycles. The number of hydrogen-bond donors (Lipinski definition) is 1. The SMILES string of the molecule is COc1ccc(CCC(=O)N2CCC(NC(=O)c3ccccc3)CC2)cc1. The van der Waals surface area contributed by atoms with E-state index in [1.165, 1.54) is 0 Å². The summed E-state index contributed by atoms with van der Waals surface area (Å²) in [7, 11) is 1.64. The van der Waals surface area contributed by atoms with Gasteiger partial charge >= 0.3 is 0 Å². The summed E-state index contributed by atoms with van der Waals surface area (Å²) < 4.78 is 5.15. The number of benzene rings is 2. The minimum Gasteiger partial charge on any atom is -0.497 e. The molecule has 27 heavy (non-hydrogen) atoms. The van der Waals surface area contributed by atoms with Crippen molar-refractivity contribution in [3.63, 3.8) is 0 Å². The smallest absolute Gasteiger partial charge is 0.251 e. The molecule has 3 rings (SSSR count). The topological polar surface area (TPSA) is 58.6 Å². The van der Waals surface area contributed by atoms with Crippen LogP contribution in [0.1, 0.15) is 35.2 Å². The molecule has 2 amide bonds. The number of ether oxygens (including phenoxy) is 1. The largest absolute Gasteiger partial charge is 0.497 e. The van der Waals surface area contributed by atoms with Gasteiger partial charge in [0.25, 0.3) is 5.91 Å². The zero-order valence-electron chi connectivity index (χ0n) is 15.7. The fourth-order valence-electron chi connectivity index (χ4n) is 3.33. The molecule has 0 saturated carbocycles. The van der Waals surface area contributed by atoms with Gasteiger partial charge in [-0.05, 0) is 49.1 Å². The molecule has 5 nitrogen and oxygen atoms in total. The van der Waals surface area contributed by atoms with Crippen LogP contribution < -0.4 is 10.1 Å². The van der Waals surface area contributed by atoms with Crippen LogP contribution in [0.4, 0.5) is 0 Å². The summed E-state index contributed by atoms with van der Waals surface area (Å²) >= 11 is 0. The molecule has 1 aliphatic rings. The van der Waals surface area contributed by atoms with E-state index in [1.54, 1.807) is 7.11 Å². The van der Waals surface area contributed by atoms with Gasteiger partial charge < -0.3 is 15.0 Å². The Balaban J connectivity index is 1.41. The maximum atomic E-state index is 12.5. The van der Waals surface area contributed by atoms with Crippen molar-refractivity contribution in [3.8, 4) is 5.75 Å². The number of carbonyl (C=O) groups is 2. The van der Waals surface area contributed by atoms with Crippen LogP contribution in [-0.4, -0.2) is 43.0 Å². The lowest BCUT2D eigenvalue weighted by Gasteiger charge is -2.32. The van der Waals surface area contributed by atoms with Gasteiger partial charge in [0, 0.05) is 31.1 Å². The Hall–Kier alpha value is -2.82. The van der Waals surface area contributed by atoms with Gasteiger partial charge in [-0.2, -0.15) is 0 Å². The third-order valence-corrected chi connectivity index (χ3v) is 5.01. The van der Waals surface area contributed by atoms with E-state index in [2.05, 4.69) is 5.32 Å². The van der Waals surface area contributed by atoms with Gasteiger partial charge in [-0.15, -0.1) is 0 Å². The second kappa shape index (κ2) is 9.21. The summed E-state index contributed by atoms with van der Waals surface area (Å²) in [5.41, 5.74) is 1.81. The number of rotatable bonds is 6. The van der Waals surface area contributed by atoms with Crippen LogP contribution >= 0.6 is 0 Å². The van der Waals surface area contributed by atoms with Gasteiger partial charge in [-0.25, -0.2) is 0 Å².